The molecule has 0 fully saturated rings. The Balaban J connectivity index is 2.14. The molecule has 1 heterocycles. The van der Waals surface area contributed by atoms with Gasteiger partial charge in [0.25, 0.3) is 0 Å². The van der Waals surface area contributed by atoms with Gasteiger partial charge >= 0.3 is 11.9 Å². The number of fused-ring (bicyclic) bond motifs is 1. The van der Waals surface area contributed by atoms with Gasteiger partial charge < -0.3 is 14.6 Å². The first kappa shape index (κ1) is 20.2. The minimum absolute atomic E-state index is 0.260. The van der Waals surface area contributed by atoms with E-state index in [9.17, 15) is 9.59 Å². The van der Waals surface area contributed by atoms with Gasteiger partial charge in [-0.3, -0.25) is 4.79 Å². The van der Waals surface area contributed by atoms with Crippen LogP contribution in [0.3, 0.4) is 0 Å². The monoisotopic (exact) mass is 358 g/mol. The predicted octanol–water partition coefficient (Wildman–Crippen LogP) is 4.17. The molecule has 0 amide bonds. The summed E-state index contributed by atoms with van der Waals surface area (Å²) in [4.78, 5) is 30.2. The highest BCUT2D eigenvalue weighted by atomic mass is 16.6. The molecule has 5 nitrogen and oxygen atoms in total. The third kappa shape index (κ3) is 5.18. The van der Waals surface area contributed by atoms with Gasteiger partial charge in [0, 0.05) is 23.6 Å². The minimum Gasteiger partial charge on any atom is -0.389 e. The molecule has 1 N–H and O–H groups in total. The van der Waals surface area contributed by atoms with Crippen LogP contribution in [-0.2, 0) is 16.0 Å². The molecule has 0 spiro atoms. The zero-order valence-electron chi connectivity index (χ0n) is 16.3. The van der Waals surface area contributed by atoms with Crippen LogP contribution in [0.15, 0.2) is 24.4 Å². The molecule has 1 aromatic heterocycles. The molecule has 0 aliphatic heterocycles. The summed E-state index contributed by atoms with van der Waals surface area (Å²) in [6, 6.07) is 5.47. The number of carbonyl (C=O) groups excluding carboxylic acids is 2. The molecule has 0 radical (unpaired) electrons. The molecular weight excluding hydrogens is 328 g/mol. The molecule has 142 valence electrons. The number of unbranched alkanes of at least 4 members (excludes halogenated alkanes) is 2. The molecule has 0 bridgehead atoms. The van der Waals surface area contributed by atoms with Gasteiger partial charge in [0.05, 0.1) is 11.5 Å². The summed E-state index contributed by atoms with van der Waals surface area (Å²) < 4.78 is 5.18. The zero-order valence-corrected chi connectivity index (χ0v) is 16.3. The van der Waals surface area contributed by atoms with Gasteiger partial charge in [-0.05, 0) is 44.6 Å². The van der Waals surface area contributed by atoms with Gasteiger partial charge in [-0.25, -0.2) is 4.79 Å². The molecule has 5 heteroatoms. The number of esters is 2. The maximum Gasteiger partial charge on any atom is 0.346 e. The van der Waals surface area contributed by atoms with Crippen molar-refractivity contribution in [3.05, 3.63) is 35.5 Å². The Hall–Kier alpha value is -2.14. The van der Waals surface area contributed by atoms with E-state index in [1.807, 2.05) is 33.3 Å². The third-order valence-corrected chi connectivity index (χ3v) is 4.67. The lowest BCUT2D eigenvalue weighted by Crippen LogP contribution is -2.20. The summed E-state index contributed by atoms with van der Waals surface area (Å²) in [7, 11) is 4.03. The van der Waals surface area contributed by atoms with Crippen LogP contribution in [0, 0.1) is 5.92 Å². The fraction of sp³-hybridized carbons (Fsp3) is 0.524. The van der Waals surface area contributed by atoms with E-state index >= 15 is 0 Å². The highest BCUT2D eigenvalue weighted by Crippen LogP contribution is 2.24. The van der Waals surface area contributed by atoms with E-state index < -0.39 is 11.9 Å². The summed E-state index contributed by atoms with van der Waals surface area (Å²) >= 11 is 0. The van der Waals surface area contributed by atoms with E-state index in [0.29, 0.717) is 5.56 Å². The van der Waals surface area contributed by atoms with Gasteiger partial charge in [-0.15, -0.1) is 0 Å². The molecule has 0 saturated heterocycles. The molecular formula is C21H30N2O3. The van der Waals surface area contributed by atoms with E-state index in [4.69, 9.17) is 4.74 Å². The largest absolute Gasteiger partial charge is 0.389 e. The Morgan fingerprint density at radius 2 is 2.00 bits per heavy atom. The van der Waals surface area contributed by atoms with Gasteiger partial charge in [0.1, 0.15) is 0 Å². The van der Waals surface area contributed by atoms with Crippen molar-refractivity contribution in [2.45, 2.75) is 46.0 Å². The molecule has 1 atom stereocenters. The Bertz CT molecular complexity index is 749. The number of hydrogen-bond donors (Lipinski definition) is 1. The minimum atomic E-state index is -0.561. The van der Waals surface area contributed by atoms with Crippen LogP contribution in [0.5, 0.6) is 0 Å². The molecule has 0 saturated carbocycles. The van der Waals surface area contributed by atoms with Crippen LogP contribution in [0.2, 0.25) is 0 Å². The maximum absolute atomic E-state index is 12.6. The quantitative estimate of drug-likeness (QED) is 0.415. The Labute approximate surface area is 155 Å². The van der Waals surface area contributed by atoms with E-state index in [1.165, 1.54) is 0 Å². The van der Waals surface area contributed by atoms with Gasteiger partial charge in [-0.1, -0.05) is 39.2 Å². The average molecular weight is 358 g/mol. The number of aromatic nitrogens is 1. The van der Waals surface area contributed by atoms with Crippen LogP contribution in [-0.4, -0.2) is 42.5 Å². The number of nitrogens with zero attached hydrogens (tertiary/aromatic N) is 1. The van der Waals surface area contributed by atoms with Crippen LogP contribution < -0.4 is 0 Å². The van der Waals surface area contributed by atoms with Crippen LogP contribution in [0.25, 0.3) is 10.9 Å². The second-order valence-electron chi connectivity index (χ2n) is 7.20. The van der Waals surface area contributed by atoms with Crippen molar-refractivity contribution in [3.63, 3.8) is 0 Å². The lowest BCUT2D eigenvalue weighted by atomic mass is 10.0. The van der Waals surface area contributed by atoms with Crippen molar-refractivity contribution in [2.75, 3.05) is 20.6 Å². The fourth-order valence-corrected chi connectivity index (χ4v) is 3.03. The predicted molar refractivity (Wildman–Crippen MR) is 104 cm³/mol. The Kier molecular flexibility index (Phi) is 7.39. The highest BCUT2D eigenvalue weighted by molar-refractivity contribution is 6.08. The smallest absolute Gasteiger partial charge is 0.346 e. The third-order valence-electron chi connectivity index (χ3n) is 4.67. The highest BCUT2D eigenvalue weighted by Gasteiger charge is 2.22. The number of benzene rings is 1. The zero-order chi connectivity index (χ0) is 19.1. The van der Waals surface area contributed by atoms with Gasteiger partial charge in [-0.2, -0.15) is 0 Å². The van der Waals surface area contributed by atoms with Gasteiger partial charge in [0.2, 0.25) is 0 Å². The number of hydrogen-bond acceptors (Lipinski definition) is 4. The first-order valence-corrected chi connectivity index (χ1v) is 9.43. The standard InChI is InChI=1S/C21H30N2O3/c1-5-6-7-9-15(2)20(24)26-21(25)17-10-8-11-18-19(17)16(14-22-18)12-13-23(3)4/h8,10-11,14-15,22H,5-7,9,12-13H2,1-4H3. The maximum atomic E-state index is 12.6. The lowest BCUT2D eigenvalue weighted by Gasteiger charge is -2.12. The summed E-state index contributed by atoms with van der Waals surface area (Å²) in [5.74, 6) is -1.26. The Morgan fingerprint density at radius 1 is 1.23 bits per heavy atom. The van der Waals surface area contributed by atoms with Crippen molar-refractivity contribution in [1.82, 2.24) is 9.88 Å². The number of likely N-dealkylation sites (N-methyl/N-ethyl adjacent to an activating group) is 1. The van der Waals surface area contributed by atoms with Crippen LogP contribution in [0.1, 0.15) is 55.5 Å². The average Bonchev–Trinajstić information content (AvgIpc) is 3.03. The van der Waals surface area contributed by atoms with Crippen LogP contribution in [0.4, 0.5) is 0 Å². The molecule has 0 aliphatic rings. The van der Waals surface area contributed by atoms with Crippen molar-refractivity contribution < 1.29 is 14.3 Å². The molecule has 2 rings (SSSR count). The summed E-state index contributed by atoms with van der Waals surface area (Å²) in [5, 5.41) is 0.853. The first-order chi connectivity index (χ1) is 12.4. The molecule has 0 aliphatic carbocycles. The molecule has 26 heavy (non-hydrogen) atoms. The van der Waals surface area contributed by atoms with Crippen molar-refractivity contribution in [3.8, 4) is 0 Å². The summed E-state index contributed by atoms with van der Waals surface area (Å²) in [5.41, 5.74) is 2.40. The topological polar surface area (TPSA) is 62.4 Å². The number of ether oxygens (including phenoxy) is 1. The van der Waals surface area contributed by atoms with E-state index in [-0.39, 0.29) is 5.92 Å². The molecule has 2 aromatic rings. The lowest BCUT2D eigenvalue weighted by molar-refractivity contribution is -0.142. The van der Waals surface area contributed by atoms with E-state index in [2.05, 4.69) is 16.8 Å². The van der Waals surface area contributed by atoms with Crippen molar-refractivity contribution >= 4 is 22.8 Å². The van der Waals surface area contributed by atoms with E-state index in [0.717, 1.165) is 55.1 Å². The van der Waals surface area contributed by atoms with Gasteiger partial charge in [0.15, 0.2) is 0 Å². The number of nitrogens with one attached hydrogen (secondary N) is 1. The molecule has 1 unspecified atom stereocenters. The Morgan fingerprint density at radius 3 is 2.69 bits per heavy atom. The first-order valence-electron chi connectivity index (χ1n) is 9.43. The number of rotatable bonds is 9. The fourth-order valence-electron chi connectivity index (χ4n) is 3.03. The summed E-state index contributed by atoms with van der Waals surface area (Å²) in [6.45, 7) is 4.83. The second-order valence-corrected chi connectivity index (χ2v) is 7.20. The van der Waals surface area contributed by atoms with E-state index in [1.54, 1.807) is 12.1 Å². The summed E-state index contributed by atoms with van der Waals surface area (Å²) in [6.07, 6.45) is 6.67. The van der Waals surface area contributed by atoms with Crippen molar-refractivity contribution in [2.24, 2.45) is 5.92 Å². The van der Waals surface area contributed by atoms with Crippen LogP contribution >= 0.6 is 0 Å². The van der Waals surface area contributed by atoms with Crippen molar-refractivity contribution in [1.29, 1.82) is 0 Å². The molecule has 1 aromatic carbocycles. The number of aromatic amines is 1. The second kappa shape index (κ2) is 9.53. The SMILES string of the molecule is CCCCCC(C)C(=O)OC(=O)c1cccc2[nH]cc(CCN(C)C)c12. The number of H-pyrrole nitrogens is 1. The number of carbonyl (C=O) groups is 2. The normalized spacial score (nSPS) is 12.5.